The van der Waals surface area contributed by atoms with Gasteiger partial charge in [0.1, 0.15) is 0 Å². The largest absolute Gasteiger partial charge is 0.282 e. The molecule has 0 radical (unpaired) electrons. The van der Waals surface area contributed by atoms with Crippen molar-refractivity contribution in [1.82, 2.24) is 24.5 Å². The maximum atomic E-state index is 11.8. The third-order valence-electron chi connectivity index (χ3n) is 4.52. The maximum absolute atomic E-state index is 11.8. The first-order valence-electron chi connectivity index (χ1n) is 8.12. The molecule has 0 aliphatic carbocycles. The first kappa shape index (κ1) is 17.0. The highest BCUT2D eigenvalue weighted by Crippen LogP contribution is 2.25. The molecule has 0 aromatic carbocycles. The highest BCUT2D eigenvalue weighted by molar-refractivity contribution is 7.88. The number of nitrogens with one attached hydrogen (secondary N) is 1. The van der Waals surface area contributed by atoms with Gasteiger partial charge in [-0.3, -0.25) is 10.1 Å². The Labute approximate surface area is 142 Å². The van der Waals surface area contributed by atoms with E-state index in [1.807, 2.05) is 13.8 Å². The molecule has 1 aliphatic rings. The summed E-state index contributed by atoms with van der Waals surface area (Å²) in [7, 11) is -3.12. The van der Waals surface area contributed by atoms with Crippen LogP contribution in [-0.4, -0.2) is 52.2 Å². The lowest BCUT2D eigenvalue weighted by Crippen LogP contribution is -2.39. The third-order valence-corrected chi connectivity index (χ3v) is 5.79. The average molecular weight is 349 g/mol. The first-order valence-corrected chi connectivity index (χ1v) is 9.97. The van der Waals surface area contributed by atoms with Crippen molar-refractivity contribution in [2.75, 3.05) is 19.3 Å². The molecule has 1 fully saturated rings. The molecule has 0 spiro atoms. The maximum Gasteiger partial charge on any atom is 0.211 e. The number of rotatable bonds is 4. The zero-order valence-corrected chi connectivity index (χ0v) is 15.1. The fraction of sp³-hybridized carbons (Fsp3) is 0.562. The van der Waals surface area contributed by atoms with Crippen LogP contribution in [0.15, 0.2) is 12.4 Å². The Morgan fingerprint density at radius 1 is 1.33 bits per heavy atom. The van der Waals surface area contributed by atoms with E-state index in [1.54, 1.807) is 16.7 Å². The van der Waals surface area contributed by atoms with E-state index in [9.17, 15) is 8.42 Å². The number of nitrogens with zero attached hydrogens (tertiary/aromatic N) is 4. The van der Waals surface area contributed by atoms with Crippen LogP contribution in [0.25, 0.3) is 11.3 Å². The van der Waals surface area contributed by atoms with Crippen LogP contribution >= 0.6 is 0 Å². The van der Waals surface area contributed by atoms with Gasteiger partial charge in [-0.05, 0) is 39.0 Å². The molecule has 0 amide bonds. The minimum absolute atomic E-state index is 0.282. The van der Waals surface area contributed by atoms with Gasteiger partial charge in [-0.25, -0.2) is 17.7 Å². The van der Waals surface area contributed by atoms with Crippen molar-refractivity contribution < 1.29 is 8.42 Å². The Balaban J connectivity index is 1.78. The van der Waals surface area contributed by atoms with Crippen molar-refractivity contribution in [2.24, 2.45) is 5.92 Å². The van der Waals surface area contributed by atoms with E-state index in [-0.39, 0.29) is 5.92 Å². The molecule has 3 rings (SSSR count). The molecule has 1 atom stereocenters. The number of H-pyrrole nitrogens is 1. The molecule has 1 aliphatic heterocycles. The van der Waals surface area contributed by atoms with Gasteiger partial charge in [0.05, 0.1) is 29.5 Å². The Morgan fingerprint density at radius 2 is 2.12 bits per heavy atom. The number of piperidine rings is 1. The summed E-state index contributed by atoms with van der Waals surface area (Å²) in [5.41, 5.74) is 4.57. The Kier molecular flexibility index (Phi) is 4.69. The highest BCUT2D eigenvalue weighted by atomic mass is 32.2. The smallest absolute Gasteiger partial charge is 0.211 e. The van der Waals surface area contributed by atoms with Gasteiger partial charge in [0.25, 0.3) is 0 Å². The van der Waals surface area contributed by atoms with Crippen LogP contribution in [0.5, 0.6) is 0 Å². The van der Waals surface area contributed by atoms with E-state index in [1.165, 1.54) is 6.26 Å². The lowest BCUT2D eigenvalue weighted by molar-refractivity contribution is 0.265. The topological polar surface area (TPSA) is 91.8 Å². The molecule has 130 valence electrons. The number of sulfonamides is 1. The normalized spacial score (nSPS) is 19.5. The van der Waals surface area contributed by atoms with E-state index < -0.39 is 10.0 Å². The number of aromatic amines is 1. The highest BCUT2D eigenvalue weighted by Gasteiger charge is 2.26. The number of hydrogen-bond donors (Lipinski definition) is 1. The zero-order chi connectivity index (χ0) is 17.3. The molecule has 0 unspecified atom stereocenters. The molecule has 0 bridgehead atoms. The van der Waals surface area contributed by atoms with Gasteiger partial charge < -0.3 is 0 Å². The van der Waals surface area contributed by atoms with E-state index in [4.69, 9.17) is 4.98 Å². The van der Waals surface area contributed by atoms with Gasteiger partial charge in [0, 0.05) is 30.5 Å². The Bertz CT molecular complexity index is 811. The summed E-state index contributed by atoms with van der Waals surface area (Å²) < 4.78 is 25.1. The van der Waals surface area contributed by atoms with E-state index in [2.05, 4.69) is 15.2 Å². The SMILES string of the molecule is Cc1n[nH]c(C)c1-c1cncc(C[C@H]2CCCN(S(C)(=O)=O)C2)n1. The molecule has 8 heteroatoms. The van der Waals surface area contributed by atoms with Crippen molar-refractivity contribution in [1.29, 1.82) is 0 Å². The summed E-state index contributed by atoms with van der Waals surface area (Å²) >= 11 is 0. The van der Waals surface area contributed by atoms with Gasteiger partial charge in [-0.1, -0.05) is 0 Å². The number of aromatic nitrogens is 4. The lowest BCUT2D eigenvalue weighted by Gasteiger charge is -2.30. The molecule has 1 saturated heterocycles. The van der Waals surface area contributed by atoms with Crippen molar-refractivity contribution in [3.05, 3.63) is 29.5 Å². The van der Waals surface area contributed by atoms with E-state index >= 15 is 0 Å². The standard InChI is InChI=1S/C16H23N5O2S/c1-11-16(12(2)20-19-11)15-9-17-8-14(18-15)7-13-5-4-6-21(10-13)24(3,22)23/h8-9,13H,4-7,10H2,1-3H3,(H,19,20)/t13-/m1/s1. The molecule has 7 nitrogen and oxygen atoms in total. The molecule has 3 heterocycles. The van der Waals surface area contributed by atoms with Gasteiger partial charge in [0.15, 0.2) is 0 Å². The van der Waals surface area contributed by atoms with Gasteiger partial charge in [0.2, 0.25) is 10.0 Å². The van der Waals surface area contributed by atoms with Crippen molar-refractivity contribution in [3.8, 4) is 11.3 Å². The van der Waals surface area contributed by atoms with E-state index in [0.717, 1.165) is 47.6 Å². The summed E-state index contributed by atoms with van der Waals surface area (Å²) in [5, 5.41) is 7.18. The molecule has 24 heavy (non-hydrogen) atoms. The minimum atomic E-state index is -3.12. The van der Waals surface area contributed by atoms with Crippen LogP contribution in [0.4, 0.5) is 0 Å². The van der Waals surface area contributed by atoms with Crippen molar-refractivity contribution in [3.63, 3.8) is 0 Å². The predicted octanol–water partition coefficient (Wildman–Crippen LogP) is 1.70. The third kappa shape index (κ3) is 3.64. The van der Waals surface area contributed by atoms with Gasteiger partial charge in [-0.2, -0.15) is 5.10 Å². The van der Waals surface area contributed by atoms with Crippen molar-refractivity contribution >= 4 is 10.0 Å². The van der Waals surface area contributed by atoms with Crippen LogP contribution in [0.1, 0.15) is 29.9 Å². The first-order chi connectivity index (χ1) is 11.3. The second kappa shape index (κ2) is 6.60. The zero-order valence-electron chi connectivity index (χ0n) is 14.3. The quantitative estimate of drug-likeness (QED) is 0.907. The number of aryl methyl sites for hydroxylation is 2. The molecular weight excluding hydrogens is 326 g/mol. The predicted molar refractivity (Wildman–Crippen MR) is 91.9 cm³/mol. The molecule has 0 saturated carbocycles. The molecule has 2 aromatic heterocycles. The van der Waals surface area contributed by atoms with E-state index in [0.29, 0.717) is 13.1 Å². The van der Waals surface area contributed by atoms with Gasteiger partial charge in [-0.15, -0.1) is 0 Å². The van der Waals surface area contributed by atoms with Crippen LogP contribution in [-0.2, 0) is 16.4 Å². The summed E-state index contributed by atoms with van der Waals surface area (Å²) in [6.45, 7) is 5.09. The monoisotopic (exact) mass is 349 g/mol. The lowest BCUT2D eigenvalue weighted by atomic mass is 9.95. The fourth-order valence-corrected chi connectivity index (χ4v) is 4.29. The average Bonchev–Trinajstić information content (AvgIpc) is 2.86. The fourth-order valence-electron chi connectivity index (χ4n) is 3.34. The summed E-state index contributed by atoms with van der Waals surface area (Å²) in [6.07, 6.45) is 7.45. The second-order valence-corrected chi connectivity index (χ2v) is 8.52. The molecule has 2 aromatic rings. The molecule has 1 N–H and O–H groups in total. The van der Waals surface area contributed by atoms with Crippen LogP contribution < -0.4 is 0 Å². The summed E-state index contributed by atoms with van der Waals surface area (Å²) in [5.74, 6) is 0.282. The van der Waals surface area contributed by atoms with Crippen LogP contribution in [0, 0.1) is 19.8 Å². The van der Waals surface area contributed by atoms with Gasteiger partial charge >= 0.3 is 0 Å². The summed E-state index contributed by atoms with van der Waals surface area (Å²) in [4.78, 5) is 9.05. The minimum Gasteiger partial charge on any atom is -0.282 e. The van der Waals surface area contributed by atoms with Crippen LogP contribution in [0.2, 0.25) is 0 Å². The molecular formula is C16H23N5O2S. The van der Waals surface area contributed by atoms with Crippen LogP contribution in [0.3, 0.4) is 0 Å². The number of hydrogen-bond acceptors (Lipinski definition) is 5. The Hall–Kier alpha value is -1.80. The summed E-state index contributed by atoms with van der Waals surface area (Å²) in [6, 6.07) is 0. The second-order valence-electron chi connectivity index (χ2n) is 6.54. The van der Waals surface area contributed by atoms with Crippen molar-refractivity contribution in [2.45, 2.75) is 33.1 Å². The Morgan fingerprint density at radius 3 is 2.79 bits per heavy atom.